The highest BCUT2D eigenvalue weighted by molar-refractivity contribution is 5.65. The molecule has 3 aromatic rings. The number of aromatic nitrogens is 4. The number of benzene rings is 1. The fourth-order valence-electron chi connectivity index (χ4n) is 4.13. The van der Waals surface area contributed by atoms with Gasteiger partial charge in [-0.25, -0.2) is 9.97 Å². The molecule has 1 fully saturated rings. The lowest BCUT2D eigenvalue weighted by Gasteiger charge is -2.32. The minimum atomic E-state index is 0.511. The van der Waals surface area contributed by atoms with Crippen LogP contribution in [0.25, 0.3) is 0 Å². The third-order valence-electron chi connectivity index (χ3n) is 5.94. The van der Waals surface area contributed by atoms with Crippen molar-refractivity contribution in [2.24, 2.45) is 0 Å². The van der Waals surface area contributed by atoms with Gasteiger partial charge in [0.2, 0.25) is 5.95 Å². The monoisotopic (exact) mass is 405 g/mol. The maximum atomic E-state index is 4.78. The molecular formula is C23H31N7. The van der Waals surface area contributed by atoms with Crippen molar-refractivity contribution < 1.29 is 0 Å². The number of piperidine rings is 1. The van der Waals surface area contributed by atoms with Crippen molar-refractivity contribution in [1.82, 2.24) is 19.5 Å². The molecule has 1 aromatic carbocycles. The van der Waals surface area contributed by atoms with Gasteiger partial charge < -0.3 is 19.7 Å². The van der Waals surface area contributed by atoms with Crippen LogP contribution in [0.5, 0.6) is 0 Å². The maximum Gasteiger partial charge on any atom is 0.227 e. The minimum absolute atomic E-state index is 0.511. The number of nitrogens with zero attached hydrogens (tertiary/aromatic N) is 6. The highest BCUT2D eigenvalue weighted by atomic mass is 15.3. The van der Waals surface area contributed by atoms with Crippen LogP contribution in [0.1, 0.15) is 38.3 Å². The summed E-state index contributed by atoms with van der Waals surface area (Å²) in [5, 5.41) is 3.48. The van der Waals surface area contributed by atoms with E-state index in [0.29, 0.717) is 6.04 Å². The van der Waals surface area contributed by atoms with Gasteiger partial charge in [0.25, 0.3) is 0 Å². The van der Waals surface area contributed by atoms with Gasteiger partial charge in [0, 0.05) is 62.2 Å². The van der Waals surface area contributed by atoms with Crippen LogP contribution in [0.15, 0.2) is 49.2 Å². The fraction of sp³-hybridized carbons (Fsp3) is 0.435. The number of imidazole rings is 1. The second-order valence-corrected chi connectivity index (χ2v) is 7.77. The van der Waals surface area contributed by atoms with Crippen LogP contribution in [-0.4, -0.2) is 45.7 Å². The lowest BCUT2D eigenvalue weighted by Crippen LogP contribution is -2.35. The van der Waals surface area contributed by atoms with Crippen molar-refractivity contribution in [3.63, 3.8) is 0 Å². The Kier molecular flexibility index (Phi) is 6.16. The number of rotatable bonds is 7. The molecule has 7 nitrogen and oxygen atoms in total. The molecule has 158 valence electrons. The molecule has 4 rings (SSSR count). The molecule has 1 saturated heterocycles. The lowest BCUT2D eigenvalue weighted by molar-refractivity contribution is 0.393. The molecule has 0 radical (unpaired) electrons. The summed E-state index contributed by atoms with van der Waals surface area (Å²) in [6.07, 6.45) is 9.80. The first-order valence-corrected chi connectivity index (χ1v) is 10.9. The lowest BCUT2D eigenvalue weighted by atomic mass is 10.1. The smallest absolute Gasteiger partial charge is 0.227 e. The third-order valence-corrected chi connectivity index (χ3v) is 5.94. The molecule has 3 heterocycles. The molecule has 1 aliphatic rings. The zero-order chi connectivity index (χ0) is 20.9. The first-order valence-electron chi connectivity index (χ1n) is 10.9. The second-order valence-electron chi connectivity index (χ2n) is 7.77. The standard InChI is InChI=1S/C23H31N7/c1-4-28(5-2)20-6-7-21(18(3)16-20)26-22-8-11-25-23(27-22)29-13-9-19(10-14-29)30-15-12-24-17-30/h6-8,11-12,15-17,19H,4-5,9-10,13-14H2,1-3H3,(H,25,26,27). The van der Waals surface area contributed by atoms with Crippen LogP contribution in [0.4, 0.5) is 23.1 Å². The highest BCUT2D eigenvalue weighted by Crippen LogP contribution is 2.27. The van der Waals surface area contributed by atoms with Crippen molar-refractivity contribution >= 4 is 23.1 Å². The van der Waals surface area contributed by atoms with E-state index in [0.717, 1.165) is 56.5 Å². The maximum absolute atomic E-state index is 4.78. The molecule has 0 bridgehead atoms. The molecule has 1 aliphatic heterocycles. The predicted molar refractivity (Wildman–Crippen MR) is 123 cm³/mol. The zero-order valence-electron chi connectivity index (χ0n) is 18.1. The molecule has 0 atom stereocenters. The molecular weight excluding hydrogens is 374 g/mol. The molecule has 0 amide bonds. The Labute approximate surface area is 178 Å². The van der Waals surface area contributed by atoms with Gasteiger partial charge in [-0.3, -0.25) is 0 Å². The van der Waals surface area contributed by atoms with Gasteiger partial charge in [0.05, 0.1) is 6.33 Å². The molecule has 1 N–H and O–H groups in total. The van der Waals surface area contributed by atoms with Crippen molar-refractivity contribution in [2.45, 2.75) is 39.7 Å². The number of nitrogens with one attached hydrogen (secondary N) is 1. The number of aryl methyl sites for hydroxylation is 1. The summed E-state index contributed by atoms with van der Waals surface area (Å²) in [4.78, 5) is 18.1. The third kappa shape index (κ3) is 4.40. The summed E-state index contributed by atoms with van der Waals surface area (Å²) < 4.78 is 2.21. The van der Waals surface area contributed by atoms with E-state index >= 15 is 0 Å². The Morgan fingerprint density at radius 2 is 1.90 bits per heavy atom. The first-order chi connectivity index (χ1) is 14.7. The Balaban J connectivity index is 1.43. The molecule has 7 heteroatoms. The molecule has 0 spiro atoms. The van der Waals surface area contributed by atoms with Gasteiger partial charge in [-0.1, -0.05) is 0 Å². The van der Waals surface area contributed by atoms with Crippen molar-refractivity contribution in [1.29, 1.82) is 0 Å². The van der Waals surface area contributed by atoms with Crippen LogP contribution >= 0.6 is 0 Å². The Bertz CT molecular complexity index is 942. The second kappa shape index (κ2) is 9.15. The molecule has 0 saturated carbocycles. The quantitative estimate of drug-likeness (QED) is 0.628. The summed E-state index contributed by atoms with van der Waals surface area (Å²) in [6.45, 7) is 10.4. The van der Waals surface area contributed by atoms with Crippen molar-refractivity contribution in [3.8, 4) is 0 Å². The SMILES string of the molecule is CCN(CC)c1ccc(Nc2ccnc(N3CCC(n4ccnc4)CC3)n2)c(C)c1. The number of hydrogen-bond acceptors (Lipinski definition) is 6. The Morgan fingerprint density at radius 3 is 2.57 bits per heavy atom. The van der Waals surface area contributed by atoms with Gasteiger partial charge >= 0.3 is 0 Å². The van der Waals surface area contributed by atoms with Crippen LogP contribution in [0.2, 0.25) is 0 Å². The summed E-state index contributed by atoms with van der Waals surface area (Å²) in [6, 6.07) is 8.99. The van der Waals surface area contributed by atoms with E-state index in [-0.39, 0.29) is 0 Å². The summed E-state index contributed by atoms with van der Waals surface area (Å²) in [5.41, 5.74) is 3.54. The van der Waals surface area contributed by atoms with E-state index in [2.05, 4.69) is 74.8 Å². The Morgan fingerprint density at radius 1 is 1.10 bits per heavy atom. The largest absolute Gasteiger partial charge is 0.372 e. The average molecular weight is 406 g/mol. The normalized spacial score (nSPS) is 14.7. The fourth-order valence-corrected chi connectivity index (χ4v) is 4.13. The average Bonchev–Trinajstić information content (AvgIpc) is 3.32. The van der Waals surface area contributed by atoms with E-state index in [1.165, 1.54) is 11.3 Å². The van der Waals surface area contributed by atoms with E-state index in [1.54, 1.807) is 0 Å². The number of hydrogen-bond donors (Lipinski definition) is 1. The topological polar surface area (TPSA) is 62.1 Å². The van der Waals surface area contributed by atoms with Crippen LogP contribution in [0, 0.1) is 6.92 Å². The van der Waals surface area contributed by atoms with Gasteiger partial charge in [-0.2, -0.15) is 4.98 Å². The summed E-state index contributed by atoms with van der Waals surface area (Å²) >= 11 is 0. The zero-order valence-corrected chi connectivity index (χ0v) is 18.1. The predicted octanol–water partition coefficient (Wildman–Crippen LogP) is 4.41. The van der Waals surface area contributed by atoms with Crippen molar-refractivity contribution in [3.05, 3.63) is 54.7 Å². The summed E-state index contributed by atoms with van der Waals surface area (Å²) in [5.74, 6) is 1.62. The van der Waals surface area contributed by atoms with Gasteiger partial charge in [0.15, 0.2) is 0 Å². The molecule has 0 unspecified atom stereocenters. The van der Waals surface area contributed by atoms with Gasteiger partial charge in [0.1, 0.15) is 5.82 Å². The first kappa shape index (κ1) is 20.2. The molecule has 30 heavy (non-hydrogen) atoms. The molecule has 2 aromatic heterocycles. The van der Waals surface area contributed by atoms with Crippen molar-refractivity contribution in [2.75, 3.05) is 41.3 Å². The van der Waals surface area contributed by atoms with Crippen LogP contribution in [-0.2, 0) is 0 Å². The van der Waals surface area contributed by atoms with E-state index in [1.807, 2.05) is 24.8 Å². The van der Waals surface area contributed by atoms with E-state index in [9.17, 15) is 0 Å². The summed E-state index contributed by atoms with van der Waals surface area (Å²) in [7, 11) is 0. The molecule has 0 aliphatic carbocycles. The highest BCUT2D eigenvalue weighted by Gasteiger charge is 2.22. The van der Waals surface area contributed by atoms with E-state index in [4.69, 9.17) is 4.98 Å². The van der Waals surface area contributed by atoms with Crippen LogP contribution in [0.3, 0.4) is 0 Å². The number of anilines is 4. The van der Waals surface area contributed by atoms with Gasteiger partial charge in [-0.05, 0) is 63.4 Å². The van der Waals surface area contributed by atoms with E-state index < -0.39 is 0 Å². The van der Waals surface area contributed by atoms with Gasteiger partial charge in [-0.15, -0.1) is 0 Å². The van der Waals surface area contributed by atoms with Crippen LogP contribution < -0.4 is 15.1 Å². The Hall–Kier alpha value is -3.09. The minimum Gasteiger partial charge on any atom is -0.372 e.